The summed E-state index contributed by atoms with van der Waals surface area (Å²) in [6, 6.07) is 12.6. The summed E-state index contributed by atoms with van der Waals surface area (Å²) in [7, 11) is 1.56. The van der Waals surface area contributed by atoms with E-state index >= 15 is 0 Å². The van der Waals surface area contributed by atoms with Crippen molar-refractivity contribution in [3.05, 3.63) is 59.4 Å². The zero-order valence-corrected chi connectivity index (χ0v) is 14.2. The number of likely N-dealkylation sites (tertiary alicyclic amines) is 1. The third-order valence-electron chi connectivity index (χ3n) is 4.57. The molecular weight excluding hydrogens is 320 g/mol. The number of rotatable bonds is 4. The van der Waals surface area contributed by atoms with Gasteiger partial charge in [0, 0.05) is 24.7 Å². The number of para-hydroxylation sites is 1. The van der Waals surface area contributed by atoms with E-state index in [2.05, 4.69) is 4.98 Å². The summed E-state index contributed by atoms with van der Waals surface area (Å²) in [6.45, 7) is 2.30. The number of methoxy groups -OCH3 is 1. The Morgan fingerprint density at radius 2 is 1.92 bits per heavy atom. The number of aliphatic carboxylic acids is 1. The van der Waals surface area contributed by atoms with E-state index in [1.165, 1.54) is 0 Å². The van der Waals surface area contributed by atoms with E-state index in [-0.39, 0.29) is 18.4 Å². The van der Waals surface area contributed by atoms with Crippen molar-refractivity contribution in [1.82, 2.24) is 9.88 Å². The first-order valence-electron chi connectivity index (χ1n) is 8.10. The highest BCUT2D eigenvalue weighted by molar-refractivity contribution is 5.93. The summed E-state index contributed by atoms with van der Waals surface area (Å²) in [5.74, 6) is -1.51. The summed E-state index contributed by atoms with van der Waals surface area (Å²) in [5, 5.41) is 9.63. The molecule has 6 heteroatoms. The number of hydrogen-bond acceptors (Lipinski definition) is 4. The number of aromatic nitrogens is 1. The lowest BCUT2D eigenvalue weighted by atomic mass is 9.88. The number of pyridine rings is 1. The molecule has 0 unspecified atom stereocenters. The van der Waals surface area contributed by atoms with Gasteiger partial charge in [0.2, 0.25) is 0 Å². The highest BCUT2D eigenvalue weighted by Crippen LogP contribution is 2.38. The number of nitrogens with zero attached hydrogens (tertiary/aromatic N) is 2. The second-order valence-corrected chi connectivity index (χ2v) is 6.17. The van der Waals surface area contributed by atoms with Crippen LogP contribution >= 0.6 is 0 Å². The molecule has 6 nitrogen and oxygen atoms in total. The molecule has 1 N–H and O–H groups in total. The molecule has 3 rings (SSSR count). The molecule has 2 heterocycles. The lowest BCUT2D eigenvalue weighted by Gasteiger charge is -2.18. The van der Waals surface area contributed by atoms with Gasteiger partial charge in [-0.25, -0.2) is 4.98 Å². The molecule has 130 valence electrons. The quantitative estimate of drug-likeness (QED) is 0.924. The van der Waals surface area contributed by atoms with Crippen molar-refractivity contribution in [3.8, 4) is 5.75 Å². The van der Waals surface area contributed by atoms with Crippen LogP contribution in [0.3, 0.4) is 0 Å². The van der Waals surface area contributed by atoms with Crippen LogP contribution in [0.4, 0.5) is 0 Å². The van der Waals surface area contributed by atoms with E-state index in [1.807, 2.05) is 31.2 Å². The maximum Gasteiger partial charge on any atom is 0.308 e. The Morgan fingerprint density at radius 1 is 1.16 bits per heavy atom. The molecule has 1 aliphatic heterocycles. The molecule has 2 aromatic rings. The highest BCUT2D eigenvalue weighted by Gasteiger charge is 2.42. The maximum atomic E-state index is 12.7. The second-order valence-electron chi connectivity index (χ2n) is 6.17. The van der Waals surface area contributed by atoms with Crippen LogP contribution in [0.2, 0.25) is 0 Å². The molecule has 0 spiro atoms. The Kier molecular flexibility index (Phi) is 4.70. The molecule has 0 aliphatic carbocycles. The van der Waals surface area contributed by atoms with Crippen molar-refractivity contribution in [1.29, 1.82) is 0 Å². The molecule has 1 aromatic carbocycles. The first kappa shape index (κ1) is 17.0. The van der Waals surface area contributed by atoms with Crippen LogP contribution in [0.15, 0.2) is 42.5 Å². The van der Waals surface area contributed by atoms with Gasteiger partial charge in [0.25, 0.3) is 5.91 Å². The fourth-order valence-electron chi connectivity index (χ4n) is 3.33. The minimum Gasteiger partial charge on any atom is -0.496 e. The van der Waals surface area contributed by atoms with Crippen molar-refractivity contribution in [2.45, 2.75) is 12.8 Å². The number of carboxylic acids is 1. The van der Waals surface area contributed by atoms with Gasteiger partial charge in [0.05, 0.1) is 13.0 Å². The topological polar surface area (TPSA) is 79.7 Å². The van der Waals surface area contributed by atoms with Crippen molar-refractivity contribution in [2.75, 3.05) is 20.2 Å². The summed E-state index contributed by atoms with van der Waals surface area (Å²) in [5.41, 5.74) is 1.90. The van der Waals surface area contributed by atoms with Gasteiger partial charge in [-0.3, -0.25) is 9.59 Å². The van der Waals surface area contributed by atoms with Gasteiger partial charge in [0.15, 0.2) is 0 Å². The average Bonchev–Trinajstić information content (AvgIpc) is 3.06. The van der Waals surface area contributed by atoms with Crippen molar-refractivity contribution < 1.29 is 19.4 Å². The van der Waals surface area contributed by atoms with Crippen LogP contribution in [-0.2, 0) is 4.79 Å². The summed E-state index contributed by atoms with van der Waals surface area (Å²) in [6.07, 6.45) is 0. The summed E-state index contributed by atoms with van der Waals surface area (Å²) in [4.78, 5) is 30.3. The first-order chi connectivity index (χ1) is 12.0. The number of carbonyl (C=O) groups excluding carboxylic acids is 1. The van der Waals surface area contributed by atoms with Crippen LogP contribution in [0.1, 0.15) is 27.7 Å². The predicted octanol–water partition coefficient (Wildman–Crippen LogP) is 2.34. The number of amides is 1. The van der Waals surface area contributed by atoms with Gasteiger partial charge in [-0.2, -0.15) is 0 Å². The number of carbonyl (C=O) groups is 2. The molecule has 0 radical (unpaired) electrons. The molecule has 1 saturated heterocycles. The van der Waals surface area contributed by atoms with Gasteiger partial charge in [0.1, 0.15) is 11.4 Å². The Hall–Kier alpha value is -2.89. The second kappa shape index (κ2) is 6.93. The minimum atomic E-state index is -0.914. The predicted molar refractivity (Wildman–Crippen MR) is 91.7 cm³/mol. The van der Waals surface area contributed by atoms with Crippen LogP contribution in [-0.4, -0.2) is 47.1 Å². The van der Waals surface area contributed by atoms with E-state index in [0.717, 1.165) is 11.3 Å². The minimum absolute atomic E-state index is 0.159. The van der Waals surface area contributed by atoms with Crippen LogP contribution in [0, 0.1) is 12.8 Å². The Balaban J connectivity index is 1.90. The molecule has 0 bridgehead atoms. The Bertz CT molecular complexity index is 806. The standard InChI is InChI=1S/C19H20N2O4/c1-12-6-5-8-16(20-12)18(22)21-10-14(15(11-21)19(23)24)13-7-3-4-9-17(13)25-2/h3-9,14-15H,10-11H2,1-2H3,(H,23,24)/t14-,15+/m0/s1. The van der Waals surface area contributed by atoms with Crippen LogP contribution < -0.4 is 4.74 Å². The lowest BCUT2D eigenvalue weighted by molar-refractivity contribution is -0.141. The monoisotopic (exact) mass is 340 g/mol. The Morgan fingerprint density at radius 3 is 2.60 bits per heavy atom. The number of carboxylic acid groups (broad SMARTS) is 1. The van der Waals surface area contributed by atoms with Crippen molar-refractivity contribution in [2.24, 2.45) is 5.92 Å². The van der Waals surface area contributed by atoms with E-state index < -0.39 is 11.9 Å². The number of benzene rings is 1. The van der Waals surface area contributed by atoms with Gasteiger partial charge in [-0.15, -0.1) is 0 Å². The van der Waals surface area contributed by atoms with Gasteiger partial charge in [-0.05, 0) is 30.7 Å². The fourth-order valence-corrected chi connectivity index (χ4v) is 3.33. The van der Waals surface area contributed by atoms with Crippen LogP contribution in [0.5, 0.6) is 5.75 Å². The Labute approximate surface area is 146 Å². The third kappa shape index (κ3) is 3.33. The van der Waals surface area contributed by atoms with E-state index in [9.17, 15) is 14.7 Å². The molecule has 2 atom stereocenters. The van der Waals surface area contributed by atoms with Gasteiger partial charge < -0.3 is 14.7 Å². The fraction of sp³-hybridized carbons (Fsp3) is 0.316. The molecule has 1 aromatic heterocycles. The molecule has 25 heavy (non-hydrogen) atoms. The molecule has 1 fully saturated rings. The average molecular weight is 340 g/mol. The third-order valence-corrected chi connectivity index (χ3v) is 4.57. The number of hydrogen-bond donors (Lipinski definition) is 1. The van der Waals surface area contributed by atoms with Crippen molar-refractivity contribution >= 4 is 11.9 Å². The first-order valence-corrected chi connectivity index (χ1v) is 8.10. The zero-order chi connectivity index (χ0) is 18.0. The van der Waals surface area contributed by atoms with Crippen LogP contribution in [0.25, 0.3) is 0 Å². The molecule has 1 amide bonds. The zero-order valence-electron chi connectivity index (χ0n) is 14.2. The van der Waals surface area contributed by atoms with E-state index in [1.54, 1.807) is 30.2 Å². The number of aryl methyl sites for hydroxylation is 1. The molecule has 1 aliphatic rings. The van der Waals surface area contributed by atoms with E-state index in [0.29, 0.717) is 18.0 Å². The molecule has 0 saturated carbocycles. The number of ether oxygens (including phenoxy) is 1. The molecular formula is C19H20N2O4. The SMILES string of the molecule is COc1ccccc1[C@@H]1CN(C(=O)c2cccc(C)n2)C[C@H]1C(=O)O. The van der Waals surface area contributed by atoms with Gasteiger partial charge >= 0.3 is 5.97 Å². The largest absolute Gasteiger partial charge is 0.496 e. The summed E-state index contributed by atoms with van der Waals surface area (Å²) >= 11 is 0. The smallest absolute Gasteiger partial charge is 0.308 e. The maximum absolute atomic E-state index is 12.7. The van der Waals surface area contributed by atoms with Crippen molar-refractivity contribution in [3.63, 3.8) is 0 Å². The summed E-state index contributed by atoms with van der Waals surface area (Å²) < 4.78 is 5.37. The van der Waals surface area contributed by atoms with E-state index in [4.69, 9.17) is 4.74 Å². The van der Waals surface area contributed by atoms with Gasteiger partial charge in [-0.1, -0.05) is 24.3 Å². The lowest BCUT2D eigenvalue weighted by Crippen LogP contribution is -2.30. The highest BCUT2D eigenvalue weighted by atomic mass is 16.5. The normalized spacial score (nSPS) is 19.7.